The number of pyridine rings is 1. The maximum absolute atomic E-state index is 12.2. The Labute approximate surface area is 117 Å². The molecule has 1 saturated carbocycles. The Morgan fingerprint density at radius 2 is 2.16 bits per heavy atom. The standard InChI is InChI=1S/C14H16ClN3O/c1-10-7-12(15)11(8-17-10)13(19)18-14(9-16)5-3-2-4-6-14/h7-8H,2-6H2,1H3,(H,18,19). The molecule has 100 valence electrons. The van der Waals surface area contributed by atoms with Gasteiger partial charge in [0.15, 0.2) is 0 Å². The number of carbonyl (C=O) groups excluding carboxylic acids is 1. The second kappa shape index (κ2) is 5.58. The second-order valence-electron chi connectivity index (χ2n) is 5.01. The minimum atomic E-state index is -0.746. The van der Waals surface area contributed by atoms with Crippen LogP contribution in [0, 0.1) is 18.3 Å². The summed E-state index contributed by atoms with van der Waals surface area (Å²) in [5, 5.41) is 12.5. The zero-order valence-electron chi connectivity index (χ0n) is 10.9. The fraction of sp³-hybridized carbons (Fsp3) is 0.500. The van der Waals surface area contributed by atoms with E-state index in [-0.39, 0.29) is 5.91 Å². The van der Waals surface area contributed by atoms with Crippen LogP contribution >= 0.6 is 11.6 Å². The van der Waals surface area contributed by atoms with Crippen LogP contribution in [0.5, 0.6) is 0 Å². The van der Waals surface area contributed by atoms with Crippen molar-refractivity contribution >= 4 is 17.5 Å². The van der Waals surface area contributed by atoms with Crippen molar-refractivity contribution in [3.63, 3.8) is 0 Å². The Morgan fingerprint density at radius 3 is 2.74 bits per heavy atom. The lowest BCUT2D eigenvalue weighted by Crippen LogP contribution is -2.48. The highest BCUT2D eigenvalue weighted by Gasteiger charge is 2.34. The fourth-order valence-electron chi connectivity index (χ4n) is 2.40. The first-order valence-corrected chi connectivity index (χ1v) is 6.80. The van der Waals surface area contributed by atoms with Gasteiger partial charge < -0.3 is 5.32 Å². The van der Waals surface area contributed by atoms with E-state index in [0.29, 0.717) is 23.4 Å². The molecule has 0 aliphatic heterocycles. The van der Waals surface area contributed by atoms with Crippen molar-refractivity contribution in [3.8, 4) is 6.07 Å². The van der Waals surface area contributed by atoms with E-state index in [1.54, 1.807) is 6.07 Å². The van der Waals surface area contributed by atoms with Crippen LogP contribution in [0.25, 0.3) is 0 Å². The smallest absolute Gasteiger partial charge is 0.255 e. The second-order valence-corrected chi connectivity index (χ2v) is 5.42. The summed E-state index contributed by atoms with van der Waals surface area (Å²) in [4.78, 5) is 16.3. The normalized spacial score (nSPS) is 17.5. The summed E-state index contributed by atoms with van der Waals surface area (Å²) in [7, 11) is 0. The van der Waals surface area contributed by atoms with Gasteiger partial charge in [0.2, 0.25) is 0 Å². The third kappa shape index (κ3) is 3.05. The molecular formula is C14H16ClN3O. The minimum Gasteiger partial charge on any atom is -0.334 e. The predicted molar refractivity (Wildman–Crippen MR) is 72.9 cm³/mol. The Hall–Kier alpha value is -1.60. The number of nitriles is 1. The van der Waals surface area contributed by atoms with E-state index in [0.717, 1.165) is 25.0 Å². The topological polar surface area (TPSA) is 65.8 Å². The van der Waals surface area contributed by atoms with Crippen molar-refractivity contribution in [1.29, 1.82) is 5.26 Å². The molecule has 1 aliphatic rings. The third-order valence-corrected chi connectivity index (χ3v) is 3.82. The van der Waals surface area contributed by atoms with Gasteiger partial charge in [0.25, 0.3) is 5.91 Å². The molecule has 0 saturated heterocycles. The first kappa shape index (κ1) is 13.8. The highest BCUT2D eigenvalue weighted by atomic mass is 35.5. The van der Waals surface area contributed by atoms with Crippen molar-refractivity contribution in [2.75, 3.05) is 0 Å². The maximum atomic E-state index is 12.2. The van der Waals surface area contributed by atoms with Crippen LogP contribution in [0.1, 0.15) is 48.2 Å². The fourth-order valence-corrected chi connectivity index (χ4v) is 2.69. The van der Waals surface area contributed by atoms with E-state index >= 15 is 0 Å². The number of nitrogens with one attached hydrogen (secondary N) is 1. The molecule has 0 spiro atoms. The van der Waals surface area contributed by atoms with Crippen LogP contribution in [0.4, 0.5) is 0 Å². The Balaban J connectivity index is 2.18. The third-order valence-electron chi connectivity index (χ3n) is 3.51. The summed E-state index contributed by atoms with van der Waals surface area (Å²) in [6.45, 7) is 1.81. The number of hydrogen-bond acceptors (Lipinski definition) is 3. The van der Waals surface area contributed by atoms with Gasteiger partial charge in [-0.25, -0.2) is 0 Å². The quantitative estimate of drug-likeness (QED) is 0.904. The van der Waals surface area contributed by atoms with Gasteiger partial charge in [-0.2, -0.15) is 5.26 Å². The molecular weight excluding hydrogens is 262 g/mol. The molecule has 1 N–H and O–H groups in total. The van der Waals surface area contributed by atoms with E-state index in [4.69, 9.17) is 11.6 Å². The molecule has 1 aromatic heterocycles. The zero-order chi connectivity index (χ0) is 13.9. The molecule has 19 heavy (non-hydrogen) atoms. The molecule has 5 heteroatoms. The van der Waals surface area contributed by atoms with Gasteiger partial charge >= 0.3 is 0 Å². The molecule has 1 fully saturated rings. The number of aryl methyl sites for hydroxylation is 1. The van der Waals surface area contributed by atoms with Gasteiger partial charge in [-0.1, -0.05) is 30.9 Å². The van der Waals surface area contributed by atoms with Gasteiger partial charge in [0, 0.05) is 11.9 Å². The number of amides is 1. The summed E-state index contributed by atoms with van der Waals surface area (Å²) in [5.74, 6) is -0.319. The van der Waals surface area contributed by atoms with Gasteiger partial charge in [-0.15, -0.1) is 0 Å². The van der Waals surface area contributed by atoms with Crippen molar-refractivity contribution in [3.05, 3.63) is 28.5 Å². The van der Waals surface area contributed by atoms with E-state index in [1.165, 1.54) is 6.20 Å². The van der Waals surface area contributed by atoms with Crippen molar-refractivity contribution in [2.45, 2.75) is 44.6 Å². The Morgan fingerprint density at radius 1 is 1.47 bits per heavy atom. The molecule has 0 radical (unpaired) electrons. The van der Waals surface area contributed by atoms with Crippen molar-refractivity contribution in [1.82, 2.24) is 10.3 Å². The summed E-state index contributed by atoms with van der Waals surface area (Å²) < 4.78 is 0. The molecule has 0 atom stereocenters. The van der Waals surface area contributed by atoms with Gasteiger partial charge in [-0.05, 0) is 25.8 Å². The van der Waals surface area contributed by atoms with Crippen molar-refractivity contribution < 1.29 is 4.79 Å². The largest absolute Gasteiger partial charge is 0.334 e. The number of nitrogens with zero attached hydrogens (tertiary/aromatic N) is 2. The van der Waals surface area contributed by atoms with Crippen LogP contribution < -0.4 is 5.32 Å². The lowest BCUT2D eigenvalue weighted by atomic mass is 9.82. The van der Waals surface area contributed by atoms with Crippen LogP contribution in [0.3, 0.4) is 0 Å². The van der Waals surface area contributed by atoms with E-state index in [1.807, 2.05) is 6.92 Å². The van der Waals surface area contributed by atoms with Crippen LogP contribution in [0.15, 0.2) is 12.3 Å². The van der Waals surface area contributed by atoms with Gasteiger partial charge in [0.05, 0.1) is 16.7 Å². The van der Waals surface area contributed by atoms with Crippen LogP contribution in [0.2, 0.25) is 5.02 Å². The first-order valence-electron chi connectivity index (χ1n) is 6.42. The summed E-state index contributed by atoms with van der Waals surface area (Å²) in [6, 6.07) is 3.90. The molecule has 1 amide bonds. The number of hydrogen-bond donors (Lipinski definition) is 1. The summed E-state index contributed by atoms with van der Waals surface area (Å²) in [6.07, 6.45) is 5.91. The minimum absolute atomic E-state index is 0.319. The lowest BCUT2D eigenvalue weighted by molar-refractivity contribution is 0.0902. The molecule has 0 bridgehead atoms. The SMILES string of the molecule is Cc1cc(Cl)c(C(=O)NC2(C#N)CCCCC2)cn1. The summed E-state index contributed by atoms with van der Waals surface area (Å²) >= 11 is 6.05. The van der Waals surface area contributed by atoms with E-state index in [2.05, 4.69) is 16.4 Å². The molecule has 4 nitrogen and oxygen atoms in total. The number of aromatic nitrogens is 1. The molecule has 0 unspecified atom stereocenters. The van der Waals surface area contributed by atoms with Gasteiger partial charge in [0.1, 0.15) is 5.54 Å². The molecule has 2 rings (SSSR count). The van der Waals surface area contributed by atoms with E-state index in [9.17, 15) is 10.1 Å². The number of carbonyl (C=O) groups is 1. The molecule has 1 aliphatic carbocycles. The maximum Gasteiger partial charge on any atom is 0.255 e. The average Bonchev–Trinajstić information content (AvgIpc) is 2.39. The highest BCUT2D eigenvalue weighted by molar-refractivity contribution is 6.33. The molecule has 0 aromatic carbocycles. The van der Waals surface area contributed by atoms with Crippen LogP contribution in [-0.2, 0) is 0 Å². The van der Waals surface area contributed by atoms with Crippen LogP contribution in [-0.4, -0.2) is 16.4 Å². The van der Waals surface area contributed by atoms with E-state index < -0.39 is 5.54 Å². The Bertz CT molecular complexity index is 530. The van der Waals surface area contributed by atoms with Gasteiger partial charge in [-0.3, -0.25) is 9.78 Å². The summed E-state index contributed by atoms with van der Waals surface area (Å²) in [5.41, 5.74) is 0.338. The first-order chi connectivity index (χ1) is 9.06. The number of halogens is 1. The van der Waals surface area contributed by atoms with Crippen molar-refractivity contribution in [2.24, 2.45) is 0 Å². The zero-order valence-corrected chi connectivity index (χ0v) is 11.6. The Kier molecular flexibility index (Phi) is 4.06. The highest BCUT2D eigenvalue weighted by Crippen LogP contribution is 2.28. The lowest BCUT2D eigenvalue weighted by Gasteiger charge is -2.31. The average molecular weight is 278 g/mol. The monoisotopic (exact) mass is 277 g/mol. The predicted octanol–water partition coefficient (Wildman–Crippen LogP) is 3.00. The molecule has 1 aromatic rings. The molecule has 1 heterocycles. The number of rotatable bonds is 2.